The molecule has 0 unspecified atom stereocenters. The summed E-state index contributed by atoms with van der Waals surface area (Å²) in [5, 5.41) is 0. The van der Waals surface area contributed by atoms with Gasteiger partial charge in [-0.15, -0.1) is 11.8 Å². The minimum Gasteiger partial charge on any atom is -0.497 e. The van der Waals surface area contributed by atoms with Gasteiger partial charge in [-0.2, -0.15) is 0 Å². The molecule has 0 N–H and O–H groups in total. The molecule has 2 rings (SSSR count). The molecule has 1 aromatic carbocycles. The Labute approximate surface area is 125 Å². The smallest absolute Gasteiger partial charge is 0.118 e. The fourth-order valence-electron chi connectivity index (χ4n) is 1.87. The Hall–Kier alpha value is -1.52. The summed E-state index contributed by atoms with van der Waals surface area (Å²) in [5.74, 6) is 1.98. The minimum absolute atomic E-state index is 0.907. The molecule has 2 aromatic rings. The van der Waals surface area contributed by atoms with Crippen LogP contribution in [0.3, 0.4) is 0 Å². The molecule has 106 valence electrons. The summed E-state index contributed by atoms with van der Waals surface area (Å²) >= 11 is 1.87. The van der Waals surface area contributed by atoms with Crippen molar-refractivity contribution < 1.29 is 4.74 Å². The van der Waals surface area contributed by atoms with Gasteiger partial charge in [0, 0.05) is 36.1 Å². The maximum absolute atomic E-state index is 5.16. The quantitative estimate of drug-likeness (QED) is 0.730. The zero-order valence-electron chi connectivity index (χ0n) is 12.0. The van der Waals surface area contributed by atoms with Crippen molar-refractivity contribution in [3.63, 3.8) is 0 Å². The van der Waals surface area contributed by atoms with Crippen molar-refractivity contribution in [3.05, 3.63) is 54.4 Å². The highest BCUT2D eigenvalue weighted by atomic mass is 32.2. The third kappa shape index (κ3) is 4.87. The van der Waals surface area contributed by atoms with Crippen LogP contribution in [0.25, 0.3) is 0 Å². The largest absolute Gasteiger partial charge is 0.497 e. The van der Waals surface area contributed by atoms with Crippen molar-refractivity contribution in [3.8, 4) is 5.75 Å². The molecule has 0 aliphatic carbocycles. The molecule has 1 aromatic heterocycles. The second kappa shape index (κ2) is 7.92. The Morgan fingerprint density at radius 1 is 1.10 bits per heavy atom. The SMILES string of the molecule is COc1ccc(SCCN(C)Cc2ccncc2)cc1. The number of hydrogen-bond donors (Lipinski definition) is 0. The highest BCUT2D eigenvalue weighted by molar-refractivity contribution is 7.99. The molecule has 0 saturated heterocycles. The van der Waals surface area contributed by atoms with Gasteiger partial charge in [-0.1, -0.05) is 0 Å². The molecule has 3 nitrogen and oxygen atoms in total. The van der Waals surface area contributed by atoms with Gasteiger partial charge in [-0.05, 0) is 49.0 Å². The van der Waals surface area contributed by atoms with E-state index in [1.165, 1.54) is 10.5 Å². The van der Waals surface area contributed by atoms with Gasteiger partial charge in [-0.3, -0.25) is 4.98 Å². The highest BCUT2D eigenvalue weighted by Crippen LogP contribution is 2.21. The topological polar surface area (TPSA) is 25.4 Å². The molecule has 20 heavy (non-hydrogen) atoms. The fourth-order valence-corrected chi connectivity index (χ4v) is 2.84. The van der Waals surface area contributed by atoms with Crippen LogP contribution in [0.4, 0.5) is 0 Å². The number of nitrogens with zero attached hydrogens (tertiary/aromatic N) is 2. The lowest BCUT2D eigenvalue weighted by Crippen LogP contribution is -2.20. The van der Waals surface area contributed by atoms with Crippen LogP contribution in [0, 0.1) is 0 Å². The van der Waals surface area contributed by atoms with E-state index >= 15 is 0 Å². The van der Waals surface area contributed by atoms with E-state index in [1.807, 2.05) is 36.3 Å². The van der Waals surface area contributed by atoms with Crippen molar-refractivity contribution in [2.24, 2.45) is 0 Å². The third-order valence-corrected chi connectivity index (χ3v) is 4.00. The number of rotatable bonds is 7. The second-order valence-electron chi connectivity index (χ2n) is 4.62. The number of aromatic nitrogens is 1. The monoisotopic (exact) mass is 288 g/mol. The summed E-state index contributed by atoms with van der Waals surface area (Å²) < 4.78 is 5.16. The Bertz CT molecular complexity index is 502. The first-order chi connectivity index (χ1) is 9.78. The van der Waals surface area contributed by atoms with E-state index in [0.717, 1.165) is 24.6 Å². The molecular formula is C16H20N2OS. The number of methoxy groups -OCH3 is 1. The van der Waals surface area contributed by atoms with Crippen molar-refractivity contribution in [2.75, 3.05) is 26.5 Å². The van der Waals surface area contributed by atoms with Crippen molar-refractivity contribution in [2.45, 2.75) is 11.4 Å². The predicted molar refractivity (Wildman–Crippen MR) is 84.3 cm³/mol. The van der Waals surface area contributed by atoms with Crippen LogP contribution in [0.5, 0.6) is 5.75 Å². The van der Waals surface area contributed by atoms with Gasteiger partial charge in [-0.25, -0.2) is 0 Å². The maximum atomic E-state index is 5.16. The molecule has 0 saturated carbocycles. The molecule has 0 spiro atoms. The number of hydrogen-bond acceptors (Lipinski definition) is 4. The normalized spacial score (nSPS) is 10.8. The van der Waals surface area contributed by atoms with Gasteiger partial charge in [0.2, 0.25) is 0 Å². The summed E-state index contributed by atoms with van der Waals surface area (Å²) in [6, 6.07) is 12.3. The van der Waals surface area contributed by atoms with Gasteiger partial charge < -0.3 is 9.64 Å². The Balaban J connectivity index is 1.72. The average molecular weight is 288 g/mol. The molecule has 0 amide bonds. The molecule has 0 fully saturated rings. The van der Waals surface area contributed by atoms with E-state index in [0.29, 0.717) is 0 Å². The molecular weight excluding hydrogens is 268 g/mol. The minimum atomic E-state index is 0.907. The van der Waals surface area contributed by atoms with Crippen molar-refractivity contribution in [1.82, 2.24) is 9.88 Å². The van der Waals surface area contributed by atoms with Crippen LogP contribution in [0.15, 0.2) is 53.7 Å². The van der Waals surface area contributed by atoms with Crippen LogP contribution in [0.1, 0.15) is 5.56 Å². The summed E-state index contributed by atoms with van der Waals surface area (Å²) in [4.78, 5) is 7.64. The van der Waals surface area contributed by atoms with Crippen LogP contribution in [-0.2, 0) is 6.54 Å². The van der Waals surface area contributed by atoms with E-state index in [2.05, 4.69) is 41.2 Å². The van der Waals surface area contributed by atoms with Gasteiger partial charge in [0.05, 0.1) is 7.11 Å². The zero-order valence-corrected chi connectivity index (χ0v) is 12.8. The zero-order chi connectivity index (χ0) is 14.2. The molecule has 0 bridgehead atoms. The van der Waals surface area contributed by atoms with Crippen LogP contribution in [0.2, 0.25) is 0 Å². The molecule has 0 aliphatic rings. The van der Waals surface area contributed by atoms with Gasteiger partial charge in [0.1, 0.15) is 5.75 Å². The summed E-state index contributed by atoms with van der Waals surface area (Å²) in [6.45, 7) is 2.02. The van der Waals surface area contributed by atoms with E-state index < -0.39 is 0 Å². The van der Waals surface area contributed by atoms with Crippen molar-refractivity contribution >= 4 is 11.8 Å². The average Bonchev–Trinajstić information content (AvgIpc) is 2.49. The Morgan fingerprint density at radius 3 is 2.45 bits per heavy atom. The number of pyridine rings is 1. The molecule has 1 heterocycles. The van der Waals surface area contributed by atoms with Gasteiger partial charge >= 0.3 is 0 Å². The van der Waals surface area contributed by atoms with Gasteiger partial charge in [0.15, 0.2) is 0 Å². The third-order valence-electron chi connectivity index (χ3n) is 3.00. The highest BCUT2D eigenvalue weighted by Gasteiger charge is 2.01. The van der Waals surface area contributed by atoms with E-state index in [9.17, 15) is 0 Å². The first-order valence-corrected chi connectivity index (χ1v) is 7.61. The maximum Gasteiger partial charge on any atom is 0.118 e. The van der Waals surface area contributed by atoms with Gasteiger partial charge in [0.25, 0.3) is 0 Å². The Morgan fingerprint density at radius 2 is 1.80 bits per heavy atom. The lowest BCUT2D eigenvalue weighted by molar-refractivity contribution is 0.348. The predicted octanol–water partition coefficient (Wildman–Crippen LogP) is 3.31. The molecule has 0 atom stereocenters. The molecule has 4 heteroatoms. The summed E-state index contributed by atoms with van der Waals surface area (Å²) in [5.41, 5.74) is 1.30. The first kappa shape index (κ1) is 14.9. The van der Waals surface area contributed by atoms with Crippen LogP contribution >= 0.6 is 11.8 Å². The number of benzene rings is 1. The van der Waals surface area contributed by atoms with E-state index in [1.54, 1.807) is 7.11 Å². The first-order valence-electron chi connectivity index (χ1n) is 6.62. The Kier molecular flexibility index (Phi) is 5.89. The standard InChI is InChI=1S/C16H20N2OS/c1-18(13-14-7-9-17-10-8-14)11-12-20-16-5-3-15(19-2)4-6-16/h3-10H,11-13H2,1-2H3. The van der Waals surface area contributed by atoms with Crippen molar-refractivity contribution in [1.29, 1.82) is 0 Å². The van der Waals surface area contributed by atoms with E-state index in [4.69, 9.17) is 4.74 Å². The fraction of sp³-hybridized carbons (Fsp3) is 0.312. The molecule has 0 aliphatic heterocycles. The number of ether oxygens (including phenoxy) is 1. The lowest BCUT2D eigenvalue weighted by Gasteiger charge is -2.16. The lowest BCUT2D eigenvalue weighted by atomic mass is 10.2. The number of thioether (sulfide) groups is 1. The van der Waals surface area contributed by atoms with Crippen LogP contribution < -0.4 is 4.74 Å². The van der Waals surface area contributed by atoms with Crippen LogP contribution in [-0.4, -0.2) is 36.3 Å². The summed E-state index contributed by atoms with van der Waals surface area (Å²) in [6.07, 6.45) is 3.69. The second-order valence-corrected chi connectivity index (χ2v) is 5.79. The summed E-state index contributed by atoms with van der Waals surface area (Å²) in [7, 11) is 3.84. The van der Waals surface area contributed by atoms with E-state index in [-0.39, 0.29) is 0 Å². The molecule has 0 radical (unpaired) electrons.